The Labute approximate surface area is 151 Å². The maximum absolute atomic E-state index is 12.7. The standard InChI is InChI=1S/C20H19N3O3/c24-18(22-15-5-1-2-6-15)14-7-8-16-17(10-14)20(26)23(19(16)25)12-13-4-3-9-21-11-13/h3-4,7-11,15H,1-2,5-6,12H2,(H,22,24). The van der Waals surface area contributed by atoms with Gasteiger partial charge in [0.25, 0.3) is 17.7 Å². The highest BCUT2D eigenvalue weighted by molar-refractivity contribution is 6.22. The zero-order valence-corrected chi connectivity index (χ0v) is 14.3. The van der Waals surface area contributed by atoms with E-state index >= 15 is 0 Å². The van der Waals surface area contributed by atoms with Crippen LogP contribution in [-0.2, 0) is 6.54 Å². The van der Waals surface area contributed by atoms with Gasteiger partial charge >= 0.3 is 0 Å². The first kappa shape index (κ1) is 16.4. The van der Waals surface area contributed by atoms with Crippen molar-refractivity contribution in [2.45, 2.75) is 38.3 Å². The molecule has 2 aliphatic rings. The third kappa shape index (κ3) is 2.98. The van der Waals surface area contributed by atoms with Gasteiger partial charge in [-0.2, -0.15) is 0 Å². The number of hydrogen-bond acceptors (Lipinski definition) is 4. The molecule has 6 heteroatoms. The summed E-state index contributed by atoms with van der Waals surface area (Å²) in [6.07, 6.45) is 7.52. The molecule has 1 N–H and O–H groups in total. The summed E-state index contributed by atoms with van der Waals surface area (Å²) >= 11 is 0. The van der Waals surface area contributed by atoms with Crippen molar-refractivity contribution in [1.82, 2.24) is 15.2 Å². The summed E-state index contributed by atoms with van der Waals surface area (Å²) in [5.74, 6) is -0.897. The van der Waals surface area contributed by atoms with Gasteiger partial charge in [-0.25, -0.2) is 0 Å². The van der Waals surface area contributed by atoms with E-state index in [4.69, 9.17) is 0 Å². The Morgan fingerprint density at radius 1 is 1.12 bits per heavy atom. The molecule has 0 unspecified atom stereocenters. The Morgan fingerprint density at radius 3 is 2.62 bits per heavy atom. The molecule has 3 amide bonds. The average molecular weight is 349 g/mol. The molecule has 1 aliphatic heterocycles. The quantitative estimate of drug-likeness (QED) is 0.861. The first-order chi connectivity index (χ1) is 12.6. The monoisotopic (exact) mass is 349 g/mol. The van der Waals surface area contributed by atoms with E-state index in [0.717, 1.165) is 31.2 Å². The smallest absolute Gasteiger partial charge is 0.261 e. The van der Waals surface area contributed by atoms with Gasteiger partial charge in [0.1, 0.15) is 0 Å². The molecule has 4 rings (SSSR count). The van der Waals surface area contributed by atoms with Crippen LogP contribution >= 0.6 is 0 Å². The van der Waals surface area contributed by atoms with Crippen LogP contribution in [0, 0.1) is 0 Å². The first-order valence-corrected chi connectivity index (χ1v) is 8.83. The van der Waals surface area contributed by atoms with Crippen LogP contribution in [-0.4, -0.2) is 33.6 Å². The van der Waals surface area contributed by atoms with E-state index in [-0.39, 0.29) is 35.9 Å². The van der Waals surface area contributed by atoms with Gasteiger partial charge in [0.2, 0.25) is 0 Å². The highest BCUT2D eigenvalue weighted by Crippen LogP contribution is 2.26. The van der Waals surface area contributed by atoms with Crippen molar-refractivity contribution >= 4 is 17.7 Å². The number of benzene rings is 1. The molecule has 0 spiro atoms. The van der Waals surface area contributed by atoms with Crippen molar-refractivity contribution in [3.8, 4) is 0 Å². The fourth-order valence-corrected chi connectivity index (χ4v) is 3.59. The second-order valence-corrected chi connectivity index (χ2v) is 6.77. The summed E-state index contributed by atoms with van der Waals surface area (Å²) in [7, 11) is 0. The molecular weight excluding hydrogens is 330 g/mol. The predicted molar refractivity (Wildman–Crippen MR) is 94.6 cm³/mol. The van der Waals surface area contributed by atoms with Crippen LogP contribution < -0.4 is 5.32 Å². The van der Waals surface area contributed by atoms with Gasteiger partial charge in [-0.05, 0) is 42.7 Å². The Morgan fingerprint density at radius 2 is 1.88 bits per heavy atom. The molecule has 1 aromatic carbocycles. The molecule has 26 heavy (non-hydrogen) atoms. The van der Waals surface area contributed by atoms with Gasteiger partial charge in [-0.15, -0.1) is 0 Å². The van der Waals surface area contributed by atoms with Crippen molar-refractivity contribution in [3.05, 3.63) is 65.0 Å². The van der Waals surface area contributed by atoms with Crippen molar-refractivity contribution in [2.75, 3.05) is 0 Å². The molecule has 1 fully saturated rings. The molecule has 0 radical (unpaired) electrons. The highest BCUT2D eigenvalue weighted by atomic mass is 16.2. The van der Waals surface area contributed by atoms with Crippen LogP contribution in [0.2, 0.25) is 0 Å². The lowest BCUT2D eigenvalue weighted by Crippen LogP contribution is -2.32. The Hall–Kier alpha value is -3.02. The number of aromatic nitrogens is 1. The minimum Gasteiger partial charge on any atom is -0.349 e. The first-order valence-electron chi connectivity index (χ1n) is 8.83. The number of carbonyl (C=O) groups excluding carboxylic acids is 3. The molecule has 2 heterocycles. The number of imide groups is 1. The lowest BCUT2D eigenvalue weighted by atomic mass is 10.0. The molecule has 0 bridgehead atoms. The molecule has 1 saturated carbocycles. The molecular formula is C20H19N3O3. The van der Waals surface area contributed by atoms with Gasteiger partial charge in [0.05, 0.1) is 17.7 Å². The van der Waals surface area contributed by atoms with E-state index in [0.29, 0.717) is 11.1 Å². The van der Waals surface area contributed by atoms with Gasteiger partial charge in [0.15, 0.2) is 0 Å². The van der Waals surface area contributed by atoms with Gasteiger partial charge < -0.3 is 5.32 Å². The molecule has 1 aliphatic carbocycles. The summed E-state index contributed by atoms with van der Waals surface area (Å²) < 4.78 is 0. The summed E-state index contributed by atoms with van der Waals surface area (Å²) in [4.78, 5) is 42.9. The van der Waals surface area contributed by atoms with Crippen LogP contribution in [0.3, 0.4) is 0 Å². The third-order valence-electron chi connectivity index (χ3n) is 4.99. The van der Waals surface area contributed by atoms with Crippen molar-refractivity contribution < 1.29 is 14.4 Å². The lowest BCUT2D eigenvalue weighted by Gasteiger charge is -2.13. The number of rotatable bonds is 4. The van der Waals surface area contributed by atoms with E-state index in [1.165, 1.54) is 11.0 Å². The number of amides is 3. The van der Waals surface area contributed by atoms with Gasteiger partial charge in [0, 0.05) is 24.0 Å². The number of nitrogens with zero attached hydrogens (tertiary/aromatic N) is 2. The fourth-order valence-electron chi connectivity index (χ4n) is 3.59. The number of hydrogen-bond donors (Lipinski definition) is 1. The fraction of sp³-hybridized carbons (Fsp3) is 0.300. The second kappa shape index (κ2) is 6.71. The Kier molecular flexibility index (Phi) is 4.24. The molecule has 6 nitrogen and oxygen atoms in total. The minimum atomic E-state index is -0.371. The van der Waals surface area contributed by atoms with Crippen molar-refractivity contribution in [1.29, 1.82) is 0 Å². The van der Waals surface area contributed by atoms with Crippen LogP contribution in [0.4, 0.5) is 0 Å². The van der Waals surface area contributed by atoms with Crippen LogP contribution in [0.5, 0.6) is 0 Å². The summed E-state index contributed by atoms with van der Waals surface area (Å²) in [6.45, 7) is 0.170. The summed E-state index contributed by atoms with van der Waals surface area (Å²) in [6, 6.07) is 8.50. The molecule has 0 saturated heterocycles. The predicted octanol–water partition coefficient (Wildman–Crippen LogP) is 2.55. The molecule has 2 aromatic rings. The maximum atomic E-state index is 12.7. The van der Waals surface area contributed by atoms with Crippen LogP contribution in [0.25, 0.3) is 0 Å². The Balaban J connectivity index is 1.55. The maximum Gasteiger partial charge on any atom is 0.261 e. The largest absolute Gasteiger partial charge is 0.349 e. The van der Waals surface area contributed by atoms with E-state index < -0.39 is 0 Å². The number of carbonyl (C=O) groups is 3. The number of fused-ring (bicyclic) bond motifs is 1. The van der Waals surface area contributed by atoms with Crippen molar-refractivity contribution in [3.63, 3.8) is 0 Å². The topological polar surface area (TPSA) is 79.4 Å². The molecule has 0 atom stereocenters. The zero-order chi connectivity index (χ0) is 18.1. The third-order valence-corrected chi connectivity index (χ3v) is 4.99. The highest BCUT2D eigenvalue weighted by Gasteiger charge is 2.36. The average Bonchev–Trinajstić information content (AvgIpc) is 3.25. The normalized spacial score (nSPS) is 16.8. The zero-order valence-electron chi connectivity index (χ0n) is 14.3. The molecule has 132 valence electrons. The molecule has 1 aromatic heterocycles. The van der Waals surface area contributed by atoms with Crippen LogP contribution in [0.15, 0.2) is 42.7 Å². The van der Waals surface area contributed by atoms with E-state index in [1.54, 1.807) is 30.6 Å². The SMILES string of the molecule is O=C(NC1CCCC1)c1ccc2c(c1)C(=O)N(Cc1cccnc1)C2=O. The van der Waals surface area contributed by atoms with Crippen molar-refractivity contribution in [2.24, 2.45) is 0 Å². The van der Waals surface area contributed by atoms with Gasteiger partial charge in [-0.3, -0.25) is 24.3 Å². The number of pyridine rings is 1. The van der Waals surface area contributed by atoms with Gasteiger partial charge in [-0.1, -0.05) is 18.9 Å². The summed E-state index contributed by atoms with van der Waals surface area (Å²) in [5.41, 5.74) is 1.83. The summed E-state index contributed by atoms with van der Waals surface area (Å²) in [5, 5.41) is 3.01. The lowest BCUT2D eigenvalue weighted by molar-refractivity contribution is 0.0642. The van der Waals surface area contributed by atoms with E-state index in [2.05, 4.69) is 10.3 Å². The van der Waals surface area contributed by atoms with E-state index in [9.17, 15) is 14.4 Å². The second-order valence-electron chi connectivity index (χ2n) is 6.77. The Bertz CT molecular complexity index is 873. The van der Waals surface area contributed by atoms with E-state index in [1.807, 2.05) is 6.07 Å². The van der Waals surface area contributed by atoms with Crippen LogP contribution in [0.1, 0.15) is 62.3 Å². The number of nitrogens with one attached hydrogen (secondary N) is 1. The minimum absolute atomic E-state index is 0.170.